The fourth-order valence-corrected chi connectivity index (χ4v) is 6.28. The summed E-state index contributed by atoms with van der Waals surface area (Å²) < 4.78 is 35.6. The second-order valence-electron chi connectivity index (χ2n) is 15.3. The van der Waals surface area contributed by atoms with Crippen molar-refractivity contribution in [3.63, 3.8) is 0 Å². The zero-order valence-electron chi connectivity index (χ0n) is 33.6. The molecule has 1 fully saturated rings. The number of carbonyl (C=O) groups is 4. The maximum atomic E-state index is 13.8. The highest BCUT2D eigenvalue weighted by Gasteiger charge is 2.43. The number of esters is 1. The summed E-state index contributed by atoms with van der Waals surface area (Å²) in [5.74, 6) is -0.480. The Morgan fingerprint density at radius 2 is 1.74 bits per heavy atom. The van der Waals surface area contributed by atoms with E-state index in [0.717, 1.165) is 12.0 Å². The van der Waals surface area contributed by atoms with Crippen molar-refractivity contribution in [2.24, 2.45) is 41.9 Å². The first-order chi connectivity index (χ1) is 25.5. The van der Waals surface area contributed by atoms with Crippen LogP contribution in [0.2, 0.25) is 0 Å². The SMILES string of the molecule is COCCCOc1cc(C[C@@H](C[C@H]2[C@H](C[C@H](C(=O)NCC(C)(C)C(N)=O)C(C)C)OCN2C(=O)OC(C)OC(=O)c2cncn2C)C(C)C)ccc1OC. The van der Waals surface area contributed by atoms with Crippen molar-refractivity contribution in [3.05, 3.63) is 42.0 Å². The van der Waals surface area contributed by atoms with E-state index in [1.165, 1.54) is 28.9 Å². The van der Waals surface area contributed by atoms with E-state index in [-0.39, 0.29) is 42.6 Å². The van der Waals surface area contributed by atoms with Crippen molar-refractivity contribution in [2.75, 3.05) is 40.7 Å². The van der Waals surface area contributed by atoms with Crippen molar-refractivity contribution in [1.29, 1.82) is 0 Å². The maximum absolute atomic E-state index is 13.8. The first kappa shape index (κ1) is 44.0. The van der Waals surface area contributed by atoms with Gasteiger partial charge in [-0.3, -0.25) is 14.5 Å². The molecule has 3 rings (SSSR count). The average molecular weight is 760 g/mol. The third-order valence-corrected chi connectivity index (χ3v) is 10.0. The van der Waals surface area contributed by atoms with Crippen LogP contribution >= 0.6 is 0 Å². The van der Waals surface area contributed by atoms with Crippen LogP contribution in [-0.2, 0) is 42.0 Å². The lowest BCUT2D eigenvalue weighted by Crippen LogP contribution is -2.47. The largest absolute Gasteiger partial charge is 0.493 e. The summed E-state index contributed by atoms with van der Waals surface area (Å²) in [7, 11) is 4.91. The molecule has 3 N–H and O–H groups in total. The highest BCUT2D eigenvalue weighted by Crippen LogP contribution is 2.36. The number of aryl methyl sites for hydroxylation is 1. The number of hydrogen-bond acceptors (Lipinski definition) is 11. The zero-order chi connectivity index (χ0) is 40.2. The summed E-state index contributed by atoms with van der Waals surface area (Å²) in [6, 6.07) is 5.41. The van der Waals surface area contributed by atoms with Crippen LogP contribution in [0.3, 0.4) is 0 Å². The van der Waals surface area contributed by atoms with E-state index in [1.807, 2.05) is 32.0 Å². The second kappa shape index (κ2) is 20.3. The third kappa shape index (κ3) is 12.3. The molecular weight excluding hydrogens is 698 g/mol. The molecule has 1 saturated heterocycles. The number of imidazole rings is 1. The zero-order valence-corrected chi connectivity index (χ0v) is 33.6. The van der Waals surface area contributed by atoms with Crippen LogP contribution in [0.5, 0.6) is 11.5 Å². The molecule has 1 aliphatic rings. The molecule has 2 heterocycles. The van der Waals surface area contributed by atoms with Gasteiger partial charge in [0.1, 0.15) is 12.4 Å². The van der Waals surface area contributed by atoms with E-state index in [1.54, 1.807) is 35.1 Å². The van der Waals surface area contributed by atoms with Gasteiger partial charge in [-0.1, -0.05) is 33.8 Å². The Labute approximate surface area is 319 Å². The predicted octanol–water partition coefficient (Wildman–Crippen LogP) is 4.71. The summed E-state index contributed by atoms with van der Waals surface area (Å²) in [5.41, 5.74) is 5.86. The minimum atomic E-state index is -1.20. The Bertz CT molecular complexity index is 1540. The summed E-state index contributed by atoms with van der Waals surface area (Å²) in [5, 5.41) is 2.91. The molecule has 5 atom stereocenters. The molecule has 54 heavy (non-hydrogen) atoms. The molecule has 1 aliphatic heterocycles. The van der Waals surface area contributed by atoms with Crippen LogP contribution in [0.1, 0.15) is 83.8 Å². The normalized spacial score (nSPS) is 17.6. The number of nitrogens with one attached hydrogen (secondary N) is 1. The van der Waals surface area contributed by atoms with Crippen LogP contribution < -0.4 is 20.5 Å². The lowest BCUT2D eigenvalue weighted by atomic mass is 9.80. The smallest absolute Gasteiger partial charge is 0.415 e. The molecule has 2 aromatic rings. The molecule has 15 heteroatoms. The summed E-state index contributed by atoms with van der Waals surface area (Å²) in [6.45, 7) is 14.1. The molecule has 0 spiro atoms. The molecular formula is C39H61N5O10. The first-order valence-electron chi connectivity index (χ1n) is 18.6. The van der Waals surface area contributed by atoms with Crippen LogP contribution in [0.15, 0.2) is 30.7 Å². The molecule has 0 radical (unpaired) electrons. The number of rotatable bonds is 21. The Hall–Kier alpha value is -4.37. The van der Waals surface area contributed by atoms with E-state index in [2.05, 4.69) is 24.1 Å². The van der Waals surface area contributed by atoms with E-state index in [0.29, 0.717) is 44.0 Å². The molecule has 15 nitrogen and oxygen atoms in total. The highest BCUT2D eigenvalue weighted by atomic mass is 16.7. The Kier molecular flexibility index (Phi) is 16.6. The van der Waals surface area contributed by atoms with E-state index in [4.69, 9.17) is 34.2 Å². The fourth-order valence-electron chi connectivity index (χ4n) is 6.28. The van der Waals surface area contributed by atoms with Gasteiger partial charge in [0.25, 0.3) is 0 Å². The lowest BCUT2D eigenvalue weighted by Gasteiger charge is -2.33. The van der Waals surface area contributed by atoms with Crippen LogP contribution in [-0.4, -0.2) is 97.5 Å². The minimum Gasteiger partial charge on any atom is -0.493 e. The van der Waals surface area contributed by atoms with Gasteiger partial charge in [0.05, 0.1) is 43.8 Å². The van der Waals surface area contributed by atoms with E-state index in [9.17, 15) is 19.2 Å². The van der Waals surface area contributed by atoms with Gasteiger partial charge in [-0.2, -0.15) is 0 Å². The fraction of sp³-hybridized carbons (Fsp3) is 0.667. The number of primary amides is 1. The molecule has 0 aliphatic carbocycles. The van der Waals surface area contributed by atoms with E-state index >= 15 is 0 Å². The molecule has 302 valence electrons. The van der Waals surface area contributed by atoms with Gasteiger partial charge in [-0.25, -0.2) is 14.6 Å². The molecule has 1 unspecified atom stereocenters. The lowest BCUT2D eigenvalue weighted by molar-refractivity contribution is -0.130. The number of ether oxygens (including phenoxy) is 6. The van der Waals surface area contributed by atoms with Gasteiger partial charge in [0.2, 0.25) is 18.1 Å². The number of hydrogen-bond donors (Lipinski definition) is 2. The molecule has 1 aromatic carbocycles. The van der Waals surface area contributed by atoms with Gasteiger partial charge in [-0.15, -0.1) is 0 Å². The van der Waals surface area contributed by atoms with Gasteiger partial charge in [0.15, 0.2) is 11.5 Å². The number of aromatic nitrogens is 2. The van der Waals surface area contributed by atoms with Crippen LogP contribution in [0, 0.1) is 29.1 Å². The first-order valence-corrected chi connectivity index (χ1v) is 18.6. The third-order valence-electron chi connectivity index (χ3n) is 10.0. The second-order valence-corrected chi connectivity index (χ2v) is 15.3. The van der Waals surface area contributed by atoms with Crippen molar-refractivity contribution in [3.8, 4) is 11.5 Å². The Morgan fingerprint density at radius 1 is 1.02 bits per heavy atom. The molecule has 1 aromatic heterocycles. The van der Waals surface area contributed by atoms with Crippen LogP contribution in [0.25, 0.3) is 0 Å². The summed E-state index contributed by atoms with van der Waals surface area (Å²) in [4.78, 5) is 57.5. The quantitative estimate of drug-likeness (QED) is 0.102. The van der Waals surface area contributed by atoms with Gasteiger partial charge in [-0.05, 0) is 68.6 Å². The van der Waals surface area contributed by atoms with Crippen molar-refractivity contribution < 1.29 is 47.6 Å². The number of methoxy groups -OCH3 is 2. The standard InChI is InChI=1S/C39H61N5O10/c1-24(2)28(16-27-12-13-32(50-10)34(17-27)51-15-11-14-49-9)18-30-33(19-29(25(3)4)35(45)42-21-39(6,7)37(40)47)52-23-44(30)38(48)54-26(5)53-36(46)31-20-41-22-43(31)8/h12-13,17,20,22,24-26,28-30,33H,11,14-16,18-19,21,23H2,1-10H3,(H2,40,47)(H,42,45)/t26?,28-,29-,30-,33-/m0/s1. The van der Waals surface area contributed by atoms with E-state index < -0.39 is 47.7 Å². The topological polar surface area (TPSA) is 183 Å². The van der Waals surface area contributed by atoms with Crippen LogP contribution in [0.4, 0.5) is 4.79 Å². The number of carbonyl (C=O) groups excluding carboxylic acids is 4. The molecule has 3 amide bonds. The minimum absolute atomic E-state index is 0.0621. The molecule has 0 saturated carbocycles. The van der Waals surface area contributed by atoms with Crippen molar-refractivity contribution in [2.45, 2.75) is 92.6 Å². The highest BCUT2D eigenvalue weighted by molar-refractivity contribution is 5.87. The number of nitrogens with zero attached hydrogens (tertiary/aromatic N) is 3. The van der Waals surface area contributed by atoms with Gasteiger partial charge in [0, 0.05) is 46.6 Å². The van der Waals surface area contributed by atoms with Gasteiger partial charge < -0.3 is 44.0 Å². The Morgan fingerprint density at radius 3 is 2.33 bits per heavy atom. The van der Waals surface area contributed by atoms with Crippen molar-refractivity contribution in [1.82, 2.24) is 19.8 Å². The van der Waals surface area contributed by atoms with Gasteiger partial charge >= 0.3 is 12.1 Å². The van der Waals surface area contributed by atoms with Crippen molar-refractivity contribution >= 4 is 23.9 Å². The Balaban J connectivity index is 1.87. The average Bonchev–Trinajstić information content (AvgIpc) is 3.73. The molecule has 0 bridgehead atoms. The summed E-state index contributed by atoms with van der Waals surface area (Å²) in [6.07, 6.45) is 2.63. The predicted molar refractivity (Wildman–Crippen MR) is 200 cm³/mol. The monoisotopic (exact) mass is 759 g/mol. The number of nitrogens with two attached hydrogens (primary N) is 1. The number of amides is 3. The number of benzene rings is 1. The summed E-state index contributed by atoms with van der Waals surface area (Å²) >= 11 is 0. The maximum Gasteiger partial charge on any atom is 0.415 e.